The number of hydrogen-bond acceptors (Lipinski definition) is 4. The van der Waals surface area contributed by atoms with E-state index in [2.05, 4.69) is 9.82 Å². The maximum atomic E-state index is 11.9. The molecule has 0 bridgehead atoms. The van der Waals surface area contributed by atoms with Gasteiger partial charge in [0.1, 0.15) is 4.90 Å². The lowest BCUT2D eigenvalue weighted by atomic mass is 10.2. The highest BCUT2D eigenvalue weighted by Crippen LogP contribution is 2.10. The Balaban J connectivity index is 2.68. The number of aliphatic hydroxyl groups excluding tert-OH is 1. The van der Waals surface area contributed by atoms with Crippen LogP contribution >= 0.6 is 0 Å². The van der Waals surface area contributed by atoms with Crippen LogP contribution < -0.4 is 4.72 Å². The lowest BCUT2D eigenvalue weighted by Crippen LogP contribution is -2.31. The molecular weight excluding hydrogens is 254 g/mol. The highest BCUT2D eigenvalue weighted by atomic mass is 32.2. The molecule has 7 heteroatoms. The zero-order valence-corrected chi connectivity index (χ0v) is 11.8. The second-order valence-corrected chi connectivity index (χ2v) is 6.31. The van der Waals surface area contributed by atoms with E-state index in [0.29, 0.717) is 6.42 Å². The quantitative estimate of drug-likeness (QED) is 0.774. The number of hydrogen-bond donors (Lipinski definition) is 2. The molecule has 0 amide bonds. The largest absolute Gasteiger partial charge is 0.392 e. The van der Waals surface area contributed by atoms with Gasteiger partial charge in [-0.1, -0.05) is 13.3 Å². The van der Waals surface area contributed by atoms with E-state index in [0.717, 1.165) is 6.42 Å². The Morgan fingerprint density at radius 1 is 1.50 bits per heavy atom. The van der Waals surface area contributed by atoms with Crippen molar-refractivity contribution in [1.29, 1.82) is 0 Å². The van der Waals surface area contributed by atoms with Crippen molar-refractivity contribution in [3.8, 4) is 0 Å². The third-order valence-electron chi connectivity index (χ3n) is 2.55. The minimum atomic E-state index is -3.58. The Hall–Kier alpha value is -0.920. The molecule has 104 valence electrons. The molecule has 0 aliphatic heterocycles. The van der Waals surface area contributed by atoms with Gasteiger partial charge < -0.3 is 5.11 Å². The van der Waals surface area contributed by atoms with E-state index in [4.69, 9.17) is 0 Å². The SMILES string of the molecule is CCC[C@@H](O)CNS(=O)(=O)c1cnn(C(C)C)c1. The molecular formula is C11H21N3O3S. The minimum Gasteiger partial charge on any atom is -0.392 e. The lowest BCUT2D eigenvalue weighted by molar-refractivity contribution is 0.167. The van der Waals surface area contributed by atoms with Crippen LogP contribution in [0.3, 0.4) is 0 Å². The van der Waals surface area contributed by atoms with E-state index in [1.165, 1.54) is 12.4 Å². The van der Waals surface area contributed by atoms with Crippen LogP contribution in [0.4, 0.5) is 0 Å². The molecule has 1 aromatic heterocycles. The van der Waals surface area contributed by atoms with E-state index in [1.54, 1.807) is 4.68 Å². The van der Waals surface area contributed by atoms with Crippen molar-refractivity contribution in [2.45, 2.75) is 50.7 Å². The van der Waals surface area contributed by atoms with Gasteiger partial charge in [-0.25, -0.2) is 13.1 Å². The molecule has 0 saturated heterocycles. The topological polar surface area (TPSA) is 84.2 Å². The number of sulfonamides is 1. The molecule has 1 rings (SSSR count). The summed E-state index contributed by atoms with van der Waals surface area (Å²) in [5.74, 6) is 0. The van der Waals surface area contributed by atoms with Gasteiger partial charge >= 0.3 is 0 Å². The van der Waals surface area contributed by atoms with Crippen molar-refractivity contribution < 1.29 is 13.5 Å². The van der Waals surface area contributed by atoms with E-state index >= 15 is 0 Å². The summed E-state index contributed by atoms with van der Waals surface area (Å²) in [6.07, 6.45) is 3.54. The predicted octanol–water partition coefficient (Wildman–Crippen LogP) is 0.903. The number of aromatic nitrogens is 2. The molecule has 18 heavy (non-hydrogen) atoms. The van der Waals surface area contributed by atoms with E-state index in [9.17, 15) is 13.5 Å². The third kappa shape index (κ3) is 4.08. The van der Waals surface area contributed by atoms with Crippen LogP contribution in [0, 0.1) is 0 Å². The number of aliphatic hydroxyl groups is 1. The van der Waals surface area contributed by atoms with Crippen LogP contribution in [-0.2, 0) is 10.0 Å². The molecule has 0 radical (unpaired) electrons. The van der Waals surface area contributed by atoms with Crippen molar-refractivity contribution in [2.24, 2.45) is 0 Å². The summed E-state index contributed by atoms with van der Waals surface area (Å²) in [7, 11) is -3.58. The van der Waals surface area contributed by atoms with Crippen LogP contribution in [0.25, 0.3) is 0 Å². The summed E-state index contributed by atoms with van der Waals surface area (Å²) in [6.45, 7) is 5.80. The fourth-order valence-electron chi connectivity index (χ4n) is 1.47. The van der Waals surface area contributed by atoms with Crippen LogP contribution in [0.2, 0.25) is 0 Å². The first-order valence-corrected chi connectivity index (χ1v) is 7.57. The average Bonchev–Trinajstić information content (AvgIpc) is 2.77. The van der Waals surface area contributed by atoms with Gasteiger partial charge in [-0.3, -0.25) is 4.68 Å². The van der Waals surface area contributed by atoms with Gasteiger partial charge in [-0.2, -0.15) is 5.10 Å². The van der Waals surface area contributed by atoms with Crippen LogP contribution in [0.15, 0.2) is 17.3 Å². The highest BCUT2D eigenvalue weighted by molar-refractivity contribution is 7.89. The zero-order chi connectivity index (χ0) is 13.8. The number of rotatable bonds is 7. The van der Waals surface area contributed by atoms with E-state index in [-0.39, 0.29) is 17.5 Å². The van der Waals surface area contributed by atoms with Gasteiger partial charge in [0.05, 0.1) is 12.3 Å². The Kier molecular flexibility index (Phi) is 5.30. The molecule has 0 aliphatic rings. The Bertz CT molecular complexity index is 468. The molecule has 2 N–H and O–H groups in total. The first-order chi connectivity index (χ1) is 8.36. The van der Waals surface area contributed by atoms with Gasteiger partial charge in [0.2, 0.25) is 10.0 Å². The third-order valence-corrected chi connectivity index (χ3v) is 3.93. The summed E-state index contributed by atoms with van der Waals surface area (Å²) < 4.78 is 27.8. The normalized spacial score (nSPS) is 14.1. The van der Waals surface area contributed by atoms with Gasteiger partial charge in [-0.05, 0) is 20.3 Å². The van der Waals surface area contributed by atoms with Crippen molar-refractivity contribution in [1.82, 2.24) is 14.5 Å². The standard InChI is InChI=1S/C11H21N3O3S/c1-4-5-10(15)6-13-18(16,17)11-7-12-14(8-11)9(2)3/h7-10,13,15H,4-6H2,1-3H3/t10-/m1/s1. The molecule has 0 aliphatic carbocycles. The molecule has 0 fully saturated rings. The van der Waals surface area contributed by atoms with Crippen LogP contribution in [0.5, 0.6) is 0 Å². The molecule has 1 aromatic rings. The van der Waals surface area contributed by atoms with Crippen molar-refractivity contribution in [3.05, 3.63) is 12.4 Å². The number of nitrogens with zero attached hydrogens (tertiary/aromatic N) is 2. The van der Waals surface area contributed by atoms with E-state index in [1.807, 2.05) is 20.8 Å². The predicted molar refractivity (Wildman–Crippen MR) is 68.7 cm³/mol. The van der Waals surface area contributed by atoms with Gasteiger partial charge in [-0.15, -0.1) is 0 Å². The van der Waals surface area contributed by atoms with Crippen molar-refractivity contribution >= 4 is 10.0 Å². The maximum absolute atomic E-state index is 11.9. The maximum Gasteiger partial charge on any atom is 0.243 e. The fraction of sp³-hybridized carbons (Fsp3) is 0.727. The first kappa shape index (κ1) is 15.1. The lowest BCUT2D eigenvalue weighted by Gasteiger charge is -2.10. The van der Waals surface area contributed by atoms with Gasteiger partial charge in [0, 0.05) is 18.8 Å². The smallest absolute Gasteiger partial charge is 0.243 e. The van der Waals surface area contributed by atoms with Crippen molar-refractivity contribution in [2.75, 3.05) is 6.54 Å². The summed E-state index contributed by atoms with van der Waals surface area (Å²) >= 11 is 0. The average molecular weight is 275 g/mol. The number of nitrogens with one attached hydrogen (secondary N) is 1. The summed E-state index contributed by atoms with van der Waals surface area (Å²) in [5, 5.41) is 13.5. The highest BCUT2D eigenvalue weighted by Gasteiger charge is 2.18. The Labute approximate surface area is 108 Å². The molecule has 1 heterocycles. The van der Waals surface area contributed by atoms with Gasteiger partial charge in [0.25, 0.3) is 0 Å². The monoisotopic (exact) mass is 275 g/mol. The molecule has 0 aromatic carbocycles. The summed E-state index contributed by atoms with van der Waals surface area (Å²) in [5.41, 5.74) is 0. The zero-order valence-electron chi connectivity index (χ0n) is 11.0. The molecule has 0 saturated carbocycles. The first-order valence-electron chi connectivity index (χ1n) is 6.08. The van der Waals surface area contributed by atoms with Crippen LogP contribution in [0.1, 0.15) is 39.7 Å². The van der Waals surface area contributed by atoms with Gasteiger partial charge in [0.15, 0.2) is 0 Å². The summed E-state index contributed by atoms with van der Waals surface area (Å²) in [4.78, 5) is 0.125. The summed E-state index contributed by atoms with van der Waals surface area (Å²) in [6, 6.07) is 0.111. The Morgan fingerprint density at radius 3 is 2.67 bits per heavy atom. The van der Waals surface area contributed by atoms with Crippen LogP contribution in [-0.4, -0.2) is 36.0 Å². The Morgan fingerprint density at radius 2 is 2.17 bits per heavy atom. The fourth-order valence-corrected chi connectivity index (χ4v) is 2.48. The van der Waals surface area contributed by atoms with E-state index < -0.39 is 16.1 Å². The second-order valence-electron chi connectivity index (χ2n) is 4.54. The molecule has 1 atom stereocenters. The molecule has 6 nitrogen and oxygen atoms in total. The molecule has 0 unspecified atom stereocenters. The minimum absolute atomic E-state index is 0.0308. The molecule has 0 spiro atoms. The second kappa shape index (κ2) is 6.31. The van der Waals surface area contributed by atoms with Crippen molar-refractivity contribution in [3.63, 3.8) is 0 Å².